The molecule has 1 fully saturated rings. The van der Waals surface area contributed by atoms with Gasteiger partial charge in [0.2, 0.25) is 5.09 Å². The smallest absolute Gasteiger partial charge is 0.326 e. The molecule has 0 aliphatic carbocycles. The van der Waals surface area contributed by atoms with Crippen LogP contribution in [0.1, 0.15) is 29.0 Å². The summed E-state index contributed by atoms with van der Waals surface area (Å²) in [4.78, 5) is 24.9. The Kier molecular flexibility index (Phi) is 4.30. The molecule has 9 heteroatoms. The first kappa shape index (κ1) is 16.5. The van der Waals surface area contributed by atoms with Crippen LogP contribution in [0.25, 0.3) is 0 Å². The zero-order chi connectivity index (χ0) is 16.7. The Balaban J connectivity index is 2.36. The predicted molar refractivity (Wildman–Crippen MR) is 76.0 cm³/mol. The van der Waals surface area contributed by atoms with Crippen molar-refractivity contribution in [3.8, 4) is 0 Å². The number of aliphatic carboxylic acids is 1. The standard InChI is InChI=1S/C13H18N2O6S/c1-8-9(7-11(21-8)22(19,20)14(2)3)12(16)15-6-4-5-10(15)13(17)18/h7,10H,4-6H2,1-3H3,(H,17,18)/t10-/m0/s1. The number of hydrogen-bond donors (Lipinski definition) is 1. The molecule has 1 aromatic rings. The van der Waals surface area contributed by atoms with Crippen molar-refractivity contribution in [3.63, 3.8) is 0 Å². The van der Waals surface area contributed by atoms with Crippen molar-refractivity contribution in [1.82, 2.24) is 9.21 Å². The van der Waals surface area contributed by atoms with Crippen LogP contribution in [0.15, 0.2) is 15.6 Å². The number of nitrogens with zero attached hydrogens (tertiary/aromatic N) is 2. The number of hydrogen-bond acceptors (Lipinski definition) is 5. The van der Waals surface area contributed by atoms with Gasteiger partial charge in [0, 0.05) is 26.7 Å². The monoisotopic (exact) mass is 330 g/mol. The van der Waals surface area contributed by atoms with Crippen molar-refractivity contribution < 1.29 is 27.5 Å². The third-order valence-corrected chi connectivity index (χ3v) is 5.33. The van der Waals surface area contributed by atoms with Crippen LogP contribution in [-0.4, -0.2) is 61.3 Å². The van der Waals surface area contributed by atoms with E-state index in [4.69, 9.17) is 9.52 Å². The van der Waals surface area contributed by atoms with Gasteiger partial charge in [-0.05, 0) is 19.8 Å². The SMILES string of the molecule is Cc1oc(S(=O)(=O)N(C)C)cc1C(=O)N1CCC[C@H]1C(=O)O. The predicted octanol–water partition coefficient (Wildman–Crippen LogP) is 0.528. The molecule has 22 heavy (non-hydrogen) atoms. The van der Waals surface area contributed by atoms with Crippen LogP contribution in [0.2, 0.25) is 0 Å². The van der Waals surface area contributed by atoms with E-state index in [1.165, 1.54) is 25.9 Å². The largest absolute Gasteiger partial charge is 0.480 e. The van der Waals surface area contributed by atoms with Crippen molar-refractivity contribution in [2.24, 2.45) is 0 Å². The van der Waals surface area contributed by atoms with E-state index in [0.29, 0.717) is 19.4 Å². The van der Waals surface area contributed by atoms with Crippen molar-refractivity contribution in [3.05, 3.63) is 17.4 Å². The molecule has 0 aromatic carbocycles. The highest BCUT2D eigenvalue weighted by atomic mass is 32.2. The molecule has 0 bridgehead atoms. The van der Waals surface area contributed by atoms with Crippen LogP contribution in [0.3, 0.4) is 0 Å². The van der Waals surface area contributed by atoms with Gasteiger partial charge in [0.25, 0.3) is 15.9 Å². The molecule has 122 valence electrons. The van der Waals surface area contributed by atoms with Crippen LogP contribution in [0, 0.1) is 6.92 Å². The number of amides is 1. The Morgan fingerprint density at radius 2 is 2.05 bits per heavy atom. The van der Waals surface area contributed by atoms with E-state index < -0.39 is 27.9 Å². The summed E-state index contributed by atoms with van der Waals surface area (Å²) < 4.78 is 30.2. The van der Waals surface area contributed by atoms with Gasteiger partial charge in [-0.2, -0.15) is 0 Å². The topological polar surface area (TPSA) is 108 Å². The summed E-state index contributed by atoms with van der Waals surface area (Å²) in [6, 6.07) is 0.278. The number of furan rings is 1. The third-order valence-electron chi connectivity index (χ3n) is 3.66. The van der Waals surface area contributed by atoms with Gasteiger partial charge < -0.3 is 14.4 Å². The fraction of sp³-hybridized carbons (Fsp3) is 0.538. The molecule has 0 saturated carbocycles. The number of carbonyl (C=O) groups is 2. The highest BCUT2D eigenvalue weighted by molar-refractivity contribution is 7.88. The molecule has 2 heterocycles. The van der Waals surface area contributed by atoms with E-state index in [-0.39, 0.29) is 16.4 Å². The average Bonchev–Trinajstić information content (AvgIpc) is 3.04. The second-order valence-electron chi connectivity index (χ2n) is 5.32. The quantitative estimate of drug-likeness (QED) is 0.862. The number of likely N-dealkylation sites (tertiary alicyclic amines) is 1. The number of rotatable bonds is 4. The summed E-state index contributed by atoms with van der Waals surface area (Å²) >= 11 is 0. The minimum Gasteiger partial charge on any atom is -0.480 e. The molecular weight excluding hydrogens is 312 g/mol. The minimum atomic E-state index is -3.79. The van der Waals surface area contributed by atoms with Gasteiger partial charge in [-0.25, -0.2) is 17.5 Å². The summed E-state index contributed by atoms with van der Waals surface area (Å²) in [7, 11) is -1.07. The number of sulfonamides is 1. The molecule has 1 aliphatic rings. The highest BCUT2D eigenvalue weighted by Crippen LogP contribution is 2.26. The molecule has 0 spiro atoms. The zero-order valence-corrected chi connectivity index (χ0v) is 13.4. The number of carboxylic acids is 1. The van der Waals surface area contributed by atoms with Crippen molar-refractivity contribution >= 4 is 21.9 Å². The van der Waals surface area contributed by atoms with E-state index in [1.54, 1.807) is 0 Å². The Morgan fingerprint density at radius 1 is 1.41 bits per heavy atom. The van der Waals surface area contributed by atoms with Gasteiger partial charge in [-0.15, -0.1) is 0 Å². The lowest BCUT2D eigenvalue weighted by atomic mass is 10.2. The summed E-state index contributed by atoms with van der Waals surface area (Å²) in [6.45, 7) is 1.81. The maximum Gasteiger partial charge on any atom is 0.326 e. The van der Waals surface area contributed by atoms with Crippen LogP contribution in [0.4, 0.5) is 0 Å². The third kappa shape index (κ3) is 2.73. The van der Waals surface area contributed by atoms with Gasteiger partial charge in [-0.3, -0.25) is 4.79 Å². The summed E-state index contributed by atoms with van der Waals surface area (Å²) in [5, 5.41) is 8.81. The molecule has 1 aliphatic heterocycles. The number of carbonyl (C=O) groups excluding carboxylic acids is 1. The average molecular weight is 330 g/mol. The second-order valence-corrected chi connectivity index (χ2v) is 7.40. The van der Waals surface area contributed by atoms with Gasteiger partial charge in [-0.1, -0.05) is 0 Å². The second kappa shape index (κ2) is 5.73. The normalized spacial score (nSPS) is 18.9. The fourth-order valence-electron chi connectivity index (χ4n) is 2.40. The highest BCUT2D eigenvalue weighted by Gasteiger charge is 2.36. The molecule has 1 aromatic heterocycles. The fourth-order valence-corrected chi connectivity index (χ4v) is 3.25. The lowest BCUT2D eigenvalue weighted by Crippen LogP contribution is -2.40. The lowest BCUT2D eigenvalue weighted by Gasteiger charge is -2.20. The van der Waals surface area contributed by atoms with E-state index in [1.807, 2.05) is 0 Å². The van der Waals surface area contributed by atoms with E-state index in [9.17, 15) is 18.0 Å². The number of aryl methyl sites for hydroxylation is 1. The van der Waals surface area contributed by atoms with Crippen LogP contribution in [-0.2, 0) is 14.8 Å². The maximum absolute atomic E-state index is 12.5. The van der Waals surface area contributed by atoms with Crippen molar-refractivity contribution in [1.29, 1.82) is 0 Å². The van der Waals surface area contributed by atoms with Gasteiger partial charge >= 0.3 is 5.97 Å². The van der Waals surface area contributed by atoms with Crippen LogP contribution in [0.5, 0.6) is 0 Å². The molecule has 1 atom stereocenters. The Labute approximate surface area is 128 Å². The first-order valence-corrected chi connectivity index (χ1v) is 8.17. The molecule has 1 amide bonds. The van der Waals surface area contributed by atoms with Crippen LogP contribution < -0.4 is 0 Å². The molecule has 8 nitrogen and oxygen atoms in total. The van der Waals surface area contributed by atoms with E-state index >= 15 is 0 Å². The molecule has 0 radical (unpaired) electrons. The van der Waals surface area contributed by atoms with Crippen molar-refractivity contribution in [2.75, 3.05) is 20.6 Å². The maximum atomic E-state index is 12.5. The van der Waals surface area contributed by atoms with E-state index in [2.05, 4.69) is 0 Å². The summed E-state index contributed by atoms with van der Waals surface area (Å²) in [6.07, 6.45) is 0.989. The van der Waals surface area contributed by atoms with Gasteiger partial charge in [0.05, 0.1) is 5.56 Å². The Morgan fingerprint density at radius 3 is 2.59 bits per heavy atom. The minimum absolute atomic E-state index is 0.0774. The Bertz CT molecular complexity index is 706. The Hall–Kier alpha value is -1.87. The zero-order valence-electron chi connectivity index (χ0n) is 12.6. The molecule has 2 rings (SSSR count). The lowest BCUT2D eigenvalue weighted by molar-refractivity contribution is -0.141. The molecular formula is C13H18N2O6S. The first-order valence-electron chi connectivity index (χ1n) is 6.73. The first-order chi connectivity index (χ1) is 10.2. The van der Waals surface area contributed by atoms with Gasteiger partial charge in [0.15, 0.2) is 0 Å². The summed E-state index contributed by atoms with van der Waals surface area (Å²) in [5.41, 5.74) is 0.0774. The molecule has 1 saturated heterocycles. The molecule has 1 N–H and O–H groups in total. The van der Waals surface area contributed by atoms with Crippen LogP contribution >= 0.6 is 0 Å². The van der Waals surface area contributed by atoms with Gasteiger partial charge in [0.1, 0.15) is 11.8 Å². The van der Waals surface area contributed by atoms with E-state index in [0.717, 1.165) is 10.4 Å². The number of carboxylic acid groups (broad SMARTS) is 1. The molecule has 0 unspecified atom stereocenters. The summed E-state index contributed by atoms with van der Waals surface area (Å²) in [5.74, 6) is -1.43. The van der Waals surface area contributed by atoms with Crippen molar-refractivity contribution in [2.45, 2.75) is 30.9 Å².